The molecule has 8 nitrogen and oxygen atoms in total. The van der Waals surface area contributed by atoms with Crippen molar-refractivity contribution in [3.05, 3.63) is 54.3 Å². The van der Waals surface area contributed by atoms with Crippen molar-refractivity contribution in [2.45, 2.75) is 43.0 Å². The molecule has 0 radical (unpaired) electrons. The first-order valence-corrected chi connectivity index (χ1v) is 14.1. The number of aldehydes is 1. The molecule has 33 heavy (non-hydrogen) atoms. The molecule has 2 rings (SSSR count). The molecule has 0 spiro atoms. The number of nitrogens with one attached hydrogen (secondary N) is 1. The van der Waals surface area contributed by atoms with E-state index in [0.717, 1.165) is 6.42 Å². The average molecular weight is 496 g/mol. The van der Waals surface area contributed by atoms with Gasteiger partial charge in [-0.2, -0.15) is 0 Å². The van der Waals surface area contributed by atoms with Gasteiger partial charge in [0.15, 0.2) is 0 Å². The molecule has 182 valence electrons. The van der Waals surface area contributed by atoms with Gasteiger partial charge < -0.3 is 15.3 Å². The fourth-order valence-corrected chi connectivity index (χ4v) is 5.77. The molecule has 0 amide bonds. The monoisotopic (exact) mass is 495 g/mol. The molecule has 0 aromatic heterocycles. The third kappa shape index (κ3) is 7.02. The Morgan fingerprint density at radius 3 is 2.52 bits per heavy atom. The maximum absolute atomic E-state index is 13.7. The highest BCUT2D eigenvalue weighted by atomic mass is 32.2. The van der Waals surface area contributed by atoms with E-state index in [2.05, 4.69) is 6.92 Å². The van der Waals surface area contributed by atoms with Gasteiger partial charge in [-0.25, -0.2) is 17.4 Å². The summed E-state index contributed by atoms with van der Waals surface area (Å²) in [4.78, 5) is 10.6. The molecule has 3 atom stereocenters. The number of sulfonamides is 1. The minimum atomic E-state index is -4.04. The highest BCUT2D eigenvalue weighted by molar-refractivity contribution is 7.92. The highest BCUT2D eigenvalue weighted by Crippen LogP contribution is 2.31. The number of hydrogen-bond acceptors (Lipinski definition) is 7. The minimum absolute atomic E-state index is 0.0433. The Morgan fingerprint density at radius 1 is 1.24 bits per heavy atom. The average Bonchev–Trinajstić information content (AvgIpc) is 3.00. The Kier molecular flexibility index (Phi) is 9.04. The summed E-state index contributed by atoms with van der Waals surface area (Å²) in [6.07, 6.45) is 12.0. The molecule has 1 aliphatic carbocycles. The molecule has 0 aliphatic heterocycles. The fraction of sp³-hybridized carbons (Fsp3) is 0.435. The van der Waals surface area contributed by atoms with Gasteiger partial charge in [-0.15, -0.1) is 0 Å². The molecule has 1 aliphatic rings. The van der Waals surface area contributed by atoms with Crippen molar-refractivity contribution in [3.8, 4) is 5.75 Å². The SMILES string of the molecule is CCC1C=CC=C(N(CC(C)C)S(=O)(=O)c2ccc(OCC(N)C=O)c(S(C)(=N)=O)c2)C=C1. The molecule has 1 aromatic rings. The van der Waals surface area contributed by atoms with Crippen LogP contribution in [-0.2, 0) is 24.5 Å². The lowest BCUT2D eigenvalue weighted by Crippen LogP contribution is -2.33. The van der Waals surface area contributed by atoms with Crippen LogP contribution in [0.5, 0.6) is 5.75 Å². The number of nitrogens with two attached hydrogens (primary N) is 1. The summed E-state index contributed by atoms with van der Waals surface area (Å²) in [7, 11) is -7.37. The van der Waals surface area contributed by atoms with E-state index < -0.39 is 25.8 Å². The molecule has 0 bridgehead atoms. The van der Waals surface area contributed by atoms with Crippen LogP contribution in [0.1, 0.15) is 27.2 Å². The Hall–Kier alpha value is -2.43. The van der Waals surface area contributed by atoms with Crippen LogP contribution in [0.4, 0.5) is 0 Å². The van der Waals surface area contributed by atoms with Crippen molar-refractivity contribution in [2.24, 2.45) is 17.6 Å². The number of carbonyl (C=O) groups excluding carboxylic acids is 1. The number of hydrogen-bond donors (Lipinski definition) is 2. The smallest absolute Gasteiger partial charge is 0.264 e. The van der Waals surface area contributed by atoms with Crippen LogP contribution < -0.4 is 10.5 Å². The first-order chi connectivity index (χ1) is 15.4. The topological polar surface area (TPSA) is 131 Å². The zero-order valence-electron chi connectivity index (χ0n) is 19.4. The van der Waals surface area contributed by atoms with E-state index >= 15 is 0 Å². The van der Waals surface area contributed by atoms with E-state index in [1.165, 1.54) is 28.8 Å². The van der Waals surface area contributed by atoms with Gasteiger partial charge in [-0.05, 0) is 48.6 Å². The fourth-order valence-electron chi connectivity index (χ4n) is 3.18. The van der Waals surface area contributed by atoms with Crippen molar-refractivity contribution in [3.63, 3.8) is 0 Å². The summed E-state index contributed by atoms with van der Waals surface area (Å²) in [5.74, 6) is 0.324. The van der Waals surface area contributed by atoms with E-state index in [1.807, 2.05) is 32.1 Å². The molecule has 1 aromatic carbocycles. The van der Waals surface area contributed by atoms with Crippen LogP contribution in [0, 0.1) is 16.6 Å². The third-order valence-electron chi connectivity index (χ3n) is 4.96. The van der Waals surface area contributed by atoms with Gasteiger partial charge in [0, 0.05) is 12.8 Å². The maximum Gasteiger partial charge on any atom is 0.264 e. The third-order valence-corrected chi connectivity index (χ3v) is 7.91. The van der Waals surface area contributed by atoms with Gasteiger partial charge in [-0.3, -0.25) is 4.31 Å². The lowest BCUT2D eigenvalue weighted by atomic mass is 10.1. The lowest BCUT2D eigenvalue weighted by molar-refractivity contribution is -0.109. The predicted molar refractivity (Wildman–Crippen MR) is 130 cm³/mol. The van der Waals surface area contributed by atoms with E-state index in [9.17, 15) is 17.4 Å². The predicted octanol–water partition coefficient (Wildman–Crippen LogP) is 3.31. The van der Waals surface area contributed by atoms with Gasteiger partial charge >= 0.3 is 0 Å². The molecule has 0 heterocycles. The Labute approximate surface area is 197 Å². The van der Waals surface area contributed by atoms with Gasteiger partial charge in [0.05, 0.1) is 31.3 Å². The molecule has 3 unspecified atom stereocenters. The lowest BCUT2D eigenvalue weighted by Gasteiger charge is -2.27. The van der Waals surface area contributed by atoms with Crippen LogP contribution in [0.15, 0.2) is 64.1 Å². The molecule has 0 saturated carbocycles. The summed E-state index contributed by atoms with van der Waals surface area (Å²) in [6, 6.07) is 3.03. The minimum Gasteiger partial charge on any atom is -0.490 e. The second-order valence-corrected chi connectivity index (χ2v) is 12.4. The molecule has 10 heteroatoms. The van der Waals surface area contributed by atoms with Crippen LogP contribution in [0.25, 0.3) is 0 Å². The normalized spacial score (nSPS) is 18.8. The Morgan fingerprint density at radius 2 is 1.94 bits per heavy atom. The summed E-state index contributed by atoms with van der Waals surface area (Å²) < 4.78 is 54.9. The summed E-state index contributed by atoms with van der Waals surface area (Å²) in [5, 5.41) is 0. The first kappa shape index (κ1) is 26.8. The van der Waals surface area contributed by atoms with Crippen molar-refractivity contribution in [2.75, 3.05) is 19.4 Å². The number of ether oxygens (including phenoxy) is 1. The van der Waals surface area contributed by atoms with Gasteiger partial charge in [0.2, 0.25) is 0 Å². The zero-order chi connectivity index (χ0) is 24.8. The van der Waals surface area contributed by atoms with Crippen LogP contribution >= 0.6 is 0 Å². The largest absolute Gasteiger partial charge is 0.490 e. The number of allylic oxidation sites excluding steroid dienone is 5. The number of rotatable bonds is 11. The molecular formula is C23H33N3O5S2. The van der Waals surface area contributed by atoms with Crippen LogP contribution in [-0.4, -0.2) is 48.7 Å². The number of carbonyl (C=O) groups is 1. The van der Waals surface area contributed by atoms with E-state index in [0.29, 0.717) is 12.0 Å². The van der Waals surface area contributed by atoms with Crippen LogP contribution in [0.3, 0.4) is 0 Å². The van der Waals surface area contributed by atoms with E-state index in [-0.39, 0.29) is 40.5 Å². The van der Waals surface area contributed by atoms with Crippen molar-refractivity contribution >= 4 is 26.0 Å². The number of benzene rings is 1. The quantitative estimate of drug-likeness (QED) is 0.453. The Bertz CT molecular complexity index is 1150. The zero-order valence-corrected chi connectivity index (χ0v) is 21.1. The van der Waals surface area contributed by atoms with E-state index in [4.69, 9.17) is 15.3 Å². The molecule has 0 saturated heterocycles. The molecule has 3 N–H and O–H groups in total. The summed E-state index contributed by atoms with van der Waals surface area (Å²) >= 11 is 0. The highest BCUT2D eigenvalue weighted by Gasteiger charge is 2.28. The molecule has 0 fully saturated rings. The van der Waals surface area contributed by atoms with Crippen molar-refractivity contribution < 1.29 is 22.2 Å². The second kappa shape index (κ2) is 11.1. The van der Waals surface area contributed by atoms with Crippen molar-refractivity contribution in [1.29, 1.82) is 4.78 Å². The second-order valence-electron chi connectivity index (χ2n) is 8.40. The Balaban J connectivity index is 2.55. The van der Waals surface area contributed by atoms with E-state index in [1.54, 1.807) is 12.2 Å². The standard InChI is InChI=1S/C23H33N3O5S2/c1-5-18-7-6-8-20(10-9-18)26(14-17(2)3)33(29,30)21-11-12-22(31-16-19(24)15-27)23(13-21)32(4,25)28/h6-13,15,17-19,25H,5,14,16,24H2,1-4H3. The van der Waals surface area contributed by atoms with Gasteiger partial charge in [-0.1, -0.05) is 39.0 Å². The van der Waals surface area contributed by atoms with Gasteiger partial charge in [0.25, 0.3) is 10.0 Å². The van der Waals surface area contributed by atoms with Crippen LogP contribution in [0.2, 0.25) is 0 Å². The first-order valence-electron chi connectivity index (χ1n) is 10.7. The van der Waals surface area contributed by atoms with Gasteiger partial charge in [0.1, 0.15) is 18.6 Å². The maximum atomic E-state index is 13.7. The summed E-state index contributed by atoms with van der Waals surface area (Å²) in [6.45, 7) is 5.97. The van der Waals surface area contributed by atoms with Crippen molar-refractivity contribution in [1.82, 2.24) is 4.31 Å². The number of nitrogens with zero attached hydrogens (tertiary/aromatic N) is 1. The summed E-state index contributed by atoms with van der Waals surface area (Å²) in [5.41, 5.74) is 6.07. The molecular weight excluding hydrogens is 462 g/mol.